The summed E-state index contributed by atoms with van der Waals surface area (Å²) in [6.07, 6.45) is 7.21. The summed E-state index contributed by atoms with van der Waals surface area (Å²) in [5.41, 5.74) is 0.522. The average Bonchev–Trinajstić information content (AvgIpc) is 2.61. The Morgan fingerprint density at radius 3 is 2.23 bits per heavy atom. The van der Waals surface area contributed by atoms with E-state index in [0.29, 0.717) is 6.61 Å². The summed E-state index contributed by atoms with van der Waals surface area (Å²) < 4.78 is 17.3. The highest BCUT2D eigenvalue weighted by atomic mass is 16.7. The Morgan fingerprint density at radius 2 is 1.73 bits per heavy atom. The van der Waals surface area contributed by atoms with Crippen molar-refractivity contribution in [3.8, 4) is 0 Å². The molecule has 0 unspecified atom stereocenters. The van der Waals surface area contributed by atoms with Crippen molar-refractivity contribution >= 4 is 13.1 Å². The summed E-state index contributed by atoms with van der Waals surface area (Å²) in [4.78, 5) is 10.8. The lowest BCUT2D eigenvalue weighted by atomic mass is 9.75. The van der Waals surface area contributed by atoms with E-state index in [1.54, 1.807) is 0 Å². The molecule has 5 heteroatoms. The number of allylic oxidation sites excluding steroid dienone is 2. The minimum Gasteiger partial charge on any atom is -0.466 e. The van der Waals surface area contributed by atoms with Crippen LogP contribution in [0.1, 0.15) is 73.6 Å². The van der Waals surface area contributed by atoms with Crippen molar-refractivity contribution in [2.45, 2.75) is 84.8 Å². The molecule has 1 saturated heterocycles. The number of carbonyl (C=O) groups excluding carboxylic acids is 1. The molecule has 126 valence electrons. The van der Waals surface area contributed by atoms with E-state index in [1.165, 1.54) is 18.8 Å². The van der Waals surface area contributed by atoms with Gasteiger partial charge < -0.3 is 14.0 Å². The molecule has 1 fully saturated rings. The molecule has 4 nitrogen and oxygen atoms in total. The maximum absolute atomic E-state index is 10.8. The molecular weight excluding hydrogens is 279 g/mol. The van der Waals surface area contributed by atoms with Gasteiger partial charge in [0.2, 0.25) is 0 Å². The standard InChI is InChI=1S/C17H31BO4/c1-7-8-9-11-15(12-10-13-20-14(2)19)18-21-16(3,4)17(5,6)22-18/h11H,7-10,12-13H2,1-6H3/b15-11+. The molecule has 0 spiro atoms. The molecule has 0 saturated carbocycles. The molecule has 0 aromatic heterocycles. The Bertz CT molecular complexity index is 385. The van der Waals surface area contributed by atoms with Crippen LogP contribution in [-0.4, -0.2) is 30.9 Å². The summed E-state index contributed by atoms with van der Waals surface area (Å²) in [6, 6.07) is 0. The lowest BCUT2D eigenvalue weighted by Gasteiger charge is -2.32. The molecule has 0 radical (unpaired) electrons. The summed E-state index contributed by atoms with van der Waals surface area (Å²) in [5, 5.41) is 0. The molecule has 1 aliphatic rings. The first kappa shape index (κ1) is 19.2. The first-order valence-corrected chi connectivity index (χ1v) is 8.37. The SMILES string of the molecule is CCCC/C=C(\CCCOC(C)=O)B1OC(C)(C)C(C)(C)O1. The maximum Gasteiger partial charge on any atom is 0.490 e. The van der Waals surface area contributed by atoms with E-state index >= 15 is 0 Å². The fourth-order valence-corrected chi connectivity index (χ4v) is 2.29. The minimum atomic E-state index is -0.322. The fraction of sp³-hybridized carbons (Fsp3) is 0.824. The molecular formula is C17H31BO4. The molecule has 1 aliphatic heterocycles. The van der Waals surface area contributed by atoms with Gasteiger partial charge in [0.05, 0.1) is 17.8 Å². The van der Waals surface area contributed by atoms with Gasteiger partial charge in [-0.2, -0.15) is 0 Å². The van der Waals surface area contributed by atoms with Gasteiger partial charge in [-0.1, -0.05) is 25.8 Å². The van der Waals surface area contributed by atoms with Gasteiger partial charge in [-0.3, -0.25) is 4.79 Å². The lowest BCUT2D eigenvalue weighted by molar-refractivity contribution is -0.141. The van der Waals surface area contributed by atoms with E-state index in [9.17, 15) is 4.79 Å². The Balaban J connectivity index is 2.66. The quantitative estimate of drug-likeness (QED) is 0.385. The fourth-order valence-electron chi connectivity index (χ4n) is 2.29. The van der Waals surface area contributed by atoms with Gasteiger partial charge in [0.25, 0.3) is 0 Å². The topological polar surface area (TPSA) is 44.8 Å². The van der Waals surface area contributed by atoms with Crippen molar-refractivity contribution in [3.05, 3.63) is 11.5 Å². The lowest BCUT2D eigenvalue weighted by Crippen LogP contribution is -2.41. The smallest absolute Gasteiger partial charge is 0.466 e. The summed E-state index contributed by atoms with van der Waals surface area (Å²) >= 11 is 0. The van der Waals surface area contributed by atoms with Gasteiger partial charge in [0.15, 0.2) is 0 Å². The zero-order chi connectivity index (χ0) is 16.8. The van der Waals surface area contributed by atoms with Gasteiger partial charge in [-0.15, -0.1) is 0 Å². The van der Waals surface area contributed by atoms with Crippen LogP contribution in [0.25, 0.3) is 0 Å². The first-order chi connectivity index (χ1) is 10.2. The van der Waals surface area contributed by atoms with Crippen LogP contribution in [0.15, 0.2) is 11.5 Å². The number of hydrogen-bond donors (Lipinski definition) is 0. The van der Waals surface area contributed by atoms with Gasteiger partial charge in [0, 0.05) is 6.92 Å². The summed E-state index contributed by atoms with van der Waals surface area (Å²) in [6.45, 7) is 12.3. The highest BCUT2D eigenvalue weighted by molar-refractivity contribution is 6.54. The van der Waals surface area contributed by atoms with E-state index in [-0.39, 0.29) is 24.3 Å². The van der Waals surface area contributed by atoms with Crippen molar-refractivity contribution in [2.24, 2.45) is 0 Å². The normalized spacial score (nSPS) is 20.3. The van der Waals surface area contributed by atoms with E-state index < -0.39 is 0 Å². The van der Waals surface area contributed by atoms with Gasteiger partial charge in [-0.25, -0.2) is 0 Å². The van der Waals surface area contributed by atoms with Crippen molar-refractivity contribution in [2.75, 3.05) is 6.61 Å². The molecule has 0 aliphatic carbocycles. The molecule has 0 bridgehead atoms. The average molecular weight is 310 g/mol. The molecule has 1 heterocycles. The minimum absolute atomic E-state index is 0.229. The molecule has 22 heavy (non-hydrogen) atoms. The Morgan fingerprint density at radius 1 is 1.14 bits per heavy atom. The van der Waals surface area contributed by atoms with Gasteiger partial charge in [-0.05, 0) is 52.4 Å². The van der Waals surface area contributed by atoms with E-state index in [2.05, 4.69) is 40.7 Å². The summed E-state index contributed by atoms with van der Waals surface area (Å²) in [7, 11) is -0.292. The van der Waals surface area contributed by atoms with Crippen molar-refractivity contribution in [1.82, 2.24) is 0 Å². The van der Waals surface area contributed by atoms with Crippen LogP contribution in [0.2, 0.25) is 0 Å². The molecule has 0 aromatic carbocycles. The maximum atomic E-state index is 10.8. The predicted molar refractivity (Wildman–Crippen MR) is 89.6 cm³/mol. The molecule has 1 rings (SSSR count). The van der Waals surface area contributed by atoms with E-state index in [1.807, 2.05) is 0 Å². The molecule has 0 aromatic rings. The van der Waals surface area contributed by atoms with Crippen LogP contribution in [0.4, 0.5) is 0 Å². The van der Waals surface area contributed by atoms with Crippen LogP contribution < -0.4 is 0 Å². The monoisotopic (exact) mass is 310 g/mol. The zero-order valence-electron chi connectivity index (χ0n) is 15.0. The van der Waals surface area contributed by atoms with Crippen LogP contribution in [0.3, 0.4) is 0 Å². The van der Waals surface area contributed by atoms with E-state index in [0.717, 1.165) is 25.7 Å². The number of rotatable bonds is 8. The Hall–Kier alpha value is -0.805. The highest BCUT2D eigenvalue weighted by Crippen LogP contribution is 2.39. The van der Waals surface area contributed by atoms with Gasteiger partial charge >= 0.3 is 13.1 Å². The number of ether oxygens (including phenoxy) is 1. The number of unbranched alkanes of at least 4 members (excludes halogenated alkanes) is 2. The summed E-state index contributed by atoms with van der Waals surface area (Å²) in [5.74, 6) is -0.229. The van der Waals surface area contributed by atoms with Crippen LogP contribution in [0.5, 0.6) is 0 Å². The van der Waals surface area contributed by atoms with Gasteiger partial charge in [0.1, 0.15) is 0 Å². The zero-order valence-corrected chi connectivity index (χ0v) is 15.0. The molecule has 0 N–H and O–H groups in total. The van der Waals surface area contributed by atoms with Crippen molar-refractivity contribution in [1.29, 1.82) is 0 Å². The van der Waals surface area contributed by atoms with E-state index in [4.69, 9.17) is 14.0 Å². The Labute approximate surface area is 135 Å². The first-order valence-electron chi connectivity index (χ1n) is 8.37. The number of hydrogen-bond acceptors (Lipinski definition) is 4. The van der Waals surface area contributed by atoms with Crippen LogP contribution >= 0.6 is 0 Å². The predicted octanol–water partition coefficient (Wildman–Crippen LogP) is 4.08. The Kier molecular flexibility index (Phi) is 7.14. The number of carbonyl (C=O) groups is 1. The van der Waals surface area contributed by atoms with Crippen molar-refractivity contribution in [3.63, 3.8) is 0 Å². The third kappa shape index (κ3) is 5.43. The van der Waals surface area contributed by atoms with Crippen LogP contribution in [-0.2, 0) is 18.8 Å². The second kappa shape index (κ2) is 8.16. The third-order valence-corrected chi connectivity index (χ3v) is 4.44. The third-order valence-electron chi connectivity index (χ3n) is 4.44. The largest absolute Gasteiger partial charge is 0.490 e. The molecule has 0 amide bonds. The highest BCUT2D eigenvalue weighted by Gasteiger charge is 2.52. The second-order valence-corrected chi connectivity index (χ2v) is 6.95. The number of esters is 1. The molecule has 0 atom stereocenters. The van der Waals surface area contributed by atoms with Crippen LogP contribution in [0, 0.1) is 0 Å². The van der Waals surface area contributed by atoms with Crippen molar-refractivity contribution < 1.29 is 18.8 Å². The second-order valence-electron chi connectivity index (χ2n) is 6.95.